The zero-order chi connectivity index (χ0) is 10.5. The zero-order valence-electron chi connectivity index (χ0n) is 7.09. The van der Waals surface area contributed by atoms with Crippen molar-refractivity contribution in [2.24, 2.45) is 0 Å². The molecule has 1 fully saturated rings. The molecule has 14 heavy (non-hydrogen) atoms. The van der Waals surface area contributed by atoms with Crippen molar-refractivity contribution < 1.29 is 19.7 Å². The van der Waals surface area contributed by atoms with E-state index >= 15 is 0 Å². The minimum Gasteiger partial charge on any atom is -0.504 e. The van der Waals surface area contributed by atoms with Crippen molar-refractivity contribution in [2.75, 3.05) is 0 Å². The Morgan fingerprint density at radius 1 is 1.36 bits per heavy atom. The molecule has 0 heterocycles. The van der Waals surface area contributed by atoms with E-state index in [1.165, 1.54) is 0 Å². The number of hydrogen-bond acceptors (Lipinski definition) is 3. The Kier molecular flexibility index (Phi) is 1.97. The quantitative estimate of drug-likeness (QED) is 0.679. The van der Waals surface area contributed by atoms with Gasteiger partial charge >= 0.3 is 0 Å². The molecule has 5 heteroatoms. The maximum atomic E-state index is 13.4. The second kappa shape index (κ2) is 2.84. The van der Waals surface area contributed by atoms with Crippen LogP contribution in [-0.2, 0) is 5.60 Å². The number of rotatable bonds is 1. The van der Waals surface area contributed by atoms with E-state index < -0.39 is 22.9 Å². The first-order valence-electron chi connectivity index (χ1n) is 4.08. The highest BCUT2D eigenvalue weighted by Gasteiger charge is 2.46. The summed E-state index contributed by atoms with van der Waals surface area (Å²) >= 11 is 2.95. The van der Waals surface area contributed by atoms with Crippen molar-refractivity contribution in [2.45, 2.75) is 18.4 Å². The summed E-state index contributed by atoms with van der Waals surface area (Å²) in [6, 6.07) is 0.797. The van der Waals surface area contributed by atoms with Gasteiger partial charge in [0.1, 0.15) is 5.82 Å². The van der Waals surface area contributed by atoms with Crippen LogP contribution in [0.2, 0.25) is 0 Å². The Bertz CT molecular complexity index is 402. The summed E-state index contributed by atoms with van der Waals surface area (Å²) in [6.45, 7) is 0. The lowest BCUT2D eigenvalue weighted by molar-refractivity contribution is 0.145. The average molecular weight is 263 g/mol. The summed E-state index contributed by atoms with van der Waals surface area (Å²) < 4.78 is 13.4. The molecule has 0 spiro atoms. The average Bonchev–Trinajstić information content (AvgIpc) is 2.80. The molecule has 0 bridgehead atoms. The minimum absolute atomic E-state index is 0.0211. The van der Waals surface area contributed by atoms with Crippen molar-refractivity contribution >= 4 is 15.9 Å². The topological polar surface area (TPSA) is 60.7 Å². The molecular weight excluding hydrogens is 255 g/mol. The van der Waals surface area contributed by atoms with E-state index in [2.05, 4.69) is 15.9 Å². The lowest BCUT2D eigenvalue weighted by atomic mass is 10.1. The molecule has 0 unspecified atom stereocenters. The van der Waals surface area contributed by atoms with Gasteiger partial charge < -0.3 is 15.3 Å². The molecular formula is C9H8BrFO3. The van der Waals surface area contributed by atoms with Crippen LogP contribution in [0.4, 0.5) is 4.39 Å². The Hall–Kier alpha value is -0.810. The van der Waals surface area contributed by atoms with E-state index in [9.17, 15) is 14.6 Å². The van der Waals surface area contributed by atoms with Crippen molar-refractivity contribution in [1.29, 1.82) is 0 Å². The van der Waals surface area contributed by atoms with Gasteiger partial charge in [0.05, 0.1) is 10.1 Å². The van der Waals surface area contributed by atoms with Gasteiger partial charge in [-0.2, -0.15) is 0 Å². The predicted molar refractivity (Wildman–Crippen MR) is 50.6 cm³/mol. The summed E-state index contributed by atoms with van der Waals surface area (Å²) in [4.78, 5) is 0. The fraction of sp³-hybridized carbons (Fsp3) is 0.333. The van der Waals surface area contributed by atoms with Crippen LogP contribution in [0.5, 0.6) is 11.5 Å². The third-order valence-corrected chi connectivity index (χ3v) is 3.13. The van der Waals surface area contributed by atoms with Gasteiger partial charge in [-0.15, -0.1) is 0 Å². The van der Waals surface area contributed by atoms with E-state index in [4.69, 9.17) is 5.11 Å². The van der Waals surface area contributed by atoms with Crippen LogP contribution in [0.15, 0.2) is 10.5 Å². The number of phenolic OH excluding ortho intramolecular Hbond substituents is 2. The molecule has 0 radical (unpaired) electrons. The number of phenols is 2. The number of aliphatic hydroxyl groups is 1. The molecule has 1 saturated carbocycles. The van der Waals surface area contributed by atoms with Gasteiger partial charge in [0.15, 0.2) is 11.5 Å². The second-order valence-corrected chi connectivity index (χ2v) is 4.24. The smallest absolute Gasteiger partial charge is 0.172 e. The predicted octanol–water partition coefficient (Wildman–Crippen LogP) is 1.98. The zero-order valence-corrected chi connectivity index (χ0v) is 8.68. The molecule has 0 saturated heterocycles. The molecule has 1 aromatic carbocycles. The number of benzene rings is 1. The van der Waals surface area contributed by atoms with Crippen LogP contribution in [0.3, 0.4) is 0 Å². The van der Waals surface area contributed by atoms with Gasteiger partial charge in [0.2, 0.25) is 0 Å². The highest BCUT2D eigenvalue weighted by molar-refractivity contribution is 9.10. The first-order valence-corrected chi connectivity index (χ1v) is 4.88. The Labute approximate surface area is 87.9 Å². The third-order valence-electron chi connectivity index (χ3n) is 2.36. The Morgan fingerprint density at radius 2 is 1.93 bits per heavy atom. The summed E-state index contributed by atoms with van der Waals surface area (Å²) in [5.74, 6) is -1.70. The lowest BCUT2D eigenvalue weighted by Gasteiger charge is -2.13. The van der Waals surface area contributed by atoms with Gasteiger partial charge in [0.25, 0.3) is 0 Å². The first kappa shape index (κ1) is 9.73. The van der Waals surface area contributed by atoms with Gasteiger partial charge in [-0.1, -0.05) is 0 Å². The number of hydrogen-bond donors (Lipinski definition) is 3. The SMILES string of the molecule is Oc1cc(F)c(C2(O)CC2)c(Br)c1O. The number of aromatic hydroxyl groups is 2. The minimum atomic E-state index is -1.19. The maximum Gasteiger partial charge on any atom is 0.172 e. The van der Waals surface area contributed by atoms with E-state index in [-0.39, 0.29) is 10.0 Å². The fourth-order valence-electron chi connectivity index (χ4n) is 1.39. The van der Waals surface area contributed by atoms with Gasteiger partial charge in [-0.05, 0) is 28.8 Å². The Balaban J connectivity index is 2.65. The van der Waals surface area contributed by atoms with Crippen molar-refractivity contribution in [3.63, 3.8) is 0 Å². The normalized spacial score (nSPS) is 18.2. The molecule has 76 valence electrons. The highest BCUT2D eigenvalue weighted by atomic mass is 79.9. The molecule has 1 aromatic rings. The lowest BCUT2D eigenvalue weighted by Crippen LogP contribution is -2.08. The molecule has 0 atom stereocenters. The fourth-order valence-corrected chi connectivity index (χ4v) is 2.15. The van der Waals surface area contributed by atoms with Gasteiger partial charge in [0, 0.05) is 11.6 Å². The molecule has 0 aliphatic heterocycles. The summed E-state index contributed by atoms with van der Waals surface area (Å²) in [5.41, 5.74) is -1.17. The van der Waals surface area contributed by atoms with Crippen LogP contribution < -0.4 is 0 Å². The standard InChI is InChI=1S/C9H8BrFO3/c10-7-6(9(14)1-2-9)4(11)3-5(12)8(7)13/h3,12-14H,1-2H2. The molecule has 2 rings (SSSR count). The summed E-state index contributed by atoms with van der Waals surface area (Å²) in [7, 11) is 0. The monoisotopic (exact) mass is 262 g/mol. The Morgan fingerprint density at radius 3 is 2.43 bits per heavy atom. The van der Waals surface area contributed by atoms with Crippen molar-refractivity contribution in [3.8, 4) is 11.5 Å². The molecule has 1 aliphatic carbocycles. The van der Waals surface area contributed by atoms with E-state index in [0.29, 0.717) is 12.8 Å². The summed E-state index contributed by atoms with van der Waals surface area (Å²) in [6.07, 6.45) is 0.930. The molecule has 3 N–H and O–H groups in total. The maximum absolute atomic E-state index is 13.4. The first-order chi connectivity index (χ1) is 6.46. The van der Waals surface area contributed by atoms with Crippen LogP contribution in [0.1, 0.15) is 18.4 Å². The number of halogens is 2. The van der Waals surface area contributed by atoms with Crippen LogP contribution in [-0.4, -0.2) is 15.3 Å². The molecule has 0 aromatic heterocycles. The van der Waals surface area contributed by atoms with Crippen LogP contribution in [0.25, 0.3) is 0 Å². The molecule has 1 aliphatic rings. The van der Waals surface area contributed by atoms with E-state index in [1.807, 2.05) is 0 Å². The third kappa shape index (κ3) is 1.27. The molecule has 0 amide bonds. The van der Waals surface area contributed by atoms with Crippen molar-refractivity contribution in [1.82, 2.24) is 0 Å². The second-order valence-electron chi connectivity index (χ2n) is 3.45. The van der Waals surface area contributed by atoms with Crippen molar-refractivity contribution in [3.05, 3.63) is 21.9 Å². The van der Waals surface area contributed by atoms with Crippen LogP contribution >= 0.6 is 15.9 Å². The molecule has 3 nitrogen and oxygen atoms in total. The van der Waals surface area contributed by atoms with E-state index in [1.54, 1.807) is 0 Å². The van der Waals surface area contributed by atoms with E-state index in [0.717, 1.165) is 6.07 Å². The van der Waals surface area contributed by atoms with Crippen LogP contribution in [0, 0.1) is 5.82 Å². The largest absolute Gasteiger partial charge is 0.504 e. The summed E-state index contributed by atoms with van der Waals surface area (Å²) in [5, 5.41) is 28.1. The van der Waals surface area contributed by atoms with Gasteiger partial charge in [-0.25, -0.2) is 4.39 Å². The van der Waals surface area contributed by atoms with Gasteiger partial charge in [-0.3, -0.25) is 0 Å². The highest BCUT2D eigenvalue weighted by Crippen LogP contribution is 2.52.